The minimum atomic E-state index is -3.36. The maximum atomic E-state index is 12.8. The largest absolute Gasteiger partial charge is 0.325 e. The normalized spacial score (nSPS) is 14.6. The van der Waals surface area contributed by atoms with Gasteiger partial charge >= 0.3 is 6.03 Å². The molecule has 2 aromatic rings. The summed E-state index contributed by atoms with van der Waals surface area (Å²) >= 11 is 2.66. The Kier molecular flexibility index (Phi) is 7.45. The monoisotopic (exact) mass is 469 g/mol. The zero-order chi connectivity index (χ0) is 21.7. The maximum Gasteiger partial charge on any atom is 0.325 e. The third kappa shape index (κ3) is 6.00. The summed E-state index contributed by atoms with van der Waals surface area (Å²) in [7, 11) is -3.36. The zero-order valence-electron chi connectivity index (χ0n) is 16.6. The molecule has 0 aliphatic heterocycles. The minimum Gasteiger partial charge on any atom is -0.305 e. The van der Waals surface area contributed by atoms with Crippen LogP contribution in [0.5, 0.6) is 0 Å². The molecular weight excluding hydrogens is 446 g/mol. The van der Waals surface area contributed by atoms with Gasteiger partial charge < -0.3 is 5.32 Å². The van der Waals surface area contributed by atoms with Crippen molar-refractivity contribution in [2.75, 3.05) is 23.1 Å². The summed E-state index contributed by atoms with van der Waals surface area (Å²) in [6.45, 7) is 0.0391. The van der Waals surface area contributed by atoms with E-state index in [2.05, 4.69) is 25.3 Å². The molecule has 0 unspecified atom stereocenters. The van der Waals surface area contributed by atoms with Crippen molar-refractivity contribution in [3.8, 4) is 0 Å². The molecule has 12 heteroatoms. The Balaban J connectivity index is 1.69. The van der Waals surface area contributed by atoms with Gasteiger partial charge in [0.15, 0.2) is 10.9 Å². The first-order chi connectivity index (χ1) is 14.3. The van der Waals surface area contributed by atoms with E-state index in [0.29, 0.717) is 22.1 Å². The molecule has 30 heavy (non-hydrogen) atoms. The fraction of sp³-hybridized carbons (Fsp3) is 0.444. The number of ketones is 1. The van der Waals surface area contributed by atoms with Gasteiger partial charge in [0.25, 0.3) is 0 Å². The van der Waals surface area contributed by atoms with E-state index in [1.807, 2.05) is 6.26 Å². The summed E-state index contributed by atoms with van der Waals surface area (Å²) in [4.78, 5) is 33.6. The SMILES string of the molecule is CSc1sc(NC(=O)Nc2cnccc2C(=O)C2CCCC2)nc1CNS(C)(=O)=O. The second-order valence-corrected chi connectivity index (χ2v) is 10.8. The van der Waals surface area contributed by atoms with Gasteiger partial charge in [0, 0.05) is 17.7 Å². The number of hydrogen-bond acceptors (Lipinski definition) is 8. The summed E-state index contributed by atoms with van der Waals surface area (Å²) in [5, 5.41) is 5.66. The Morgan fingerprint density at radius 3 is 2.67 bits per heavy atom. The van der Waals surface area contributed by atoms with E-state index in [0.717, 1.165) is 36.1 Å². The molecule has 2 aromatic heterocycles. The van der Waals surface area contributed by atoms with E-state index >= 15 is 0 Å². The van der Waals surface area contributed by atoms with Gasteiger partial charge in [-0.2, -0.15) is 0 Å². The second kappa shape index (κ2) is 9.86. The van der Waals surface area contributed by atoms with E-state index in [-0.39, 0.29) is 18.2 Å². The molecule has 0 aromatic carbocycles. The number of hydrogen-bond donors (Lipinski definition) is 3. The number of carbonyl (C=O) groups excluding carboxylic acids is 2. The molecular formula is C18H23N5O4S3. The molecule has 1 saturated carbocycles. The Morgan fingerprint density at radius 1 is 1.27 bits per heavy atom. The summed E-state index contributed by atoms with van der Waals surface area (Å²) in [6, 6.07) is 1.08. The number of amides is 2. The Morgan fingerprint density at radius 2 is 2.00 bits per heavy atom. The molecule has 1 aliphatic rings. The van der Waals surface area contributed by atoms with Crippen LogP contribution in [0.1, 0.15) is 41.7 Å². The number of thiazole rings is 1. The molecule has 0 saturated heterocycles. The average molecular weight is 470 g/mol. The van der Waals surface area contributed by atoms with Crippen LogP contribution < -0.4 is 15.4 Å². The van der Waals surface area contributed by atoms with Crippen molar-refractivity contribution in [1.29, 1.82) is 0 Å². The highest BCUT2D eigenvalue weighted by Crippen LogP contribution is 2.32. The summed E-state index contributed by atoms with van der Waals surface area (Å²) in [6.07, 6.45) is 9.74. The lowest BCUT2D eigenvalue weighted by atomic mass is 9.96. The van der Waals surface area contributed by atoms with E-state index < -0.39 is 16.1 Å². The third-order valence-corrected chi connectivity index (χ3v) is 7.46. The first kappa shape index (κ1) is 22.7. The molecule has 9 nitrogen and oxygen atoms in total. The highest BCUT2D eigenvalue weighted by Gasteiger charge is 2.26. The Hall–Kier alpha value is -2.02. The van der Waals surface area contributed by atoms with Gasteiger partial charge in [0.1, 0.15) is 0 Å². The number of carbonyl (C=O) groups is 2. The van der Waals surface area contributed by atoms with Crippen LogP contribution in [0.2, 0.25) is 0 Å². The molecule has 0 radical (unpaired) electrons. The van der Waals surface area contributed by atoms with Crippen LogP contribution in [-0.4, -0.2) is 42.7 Å². The molecule has 0 bridgehead atoms. The van der Waals surface area contributed by atoms with Crippen LogP contribution in [0.4, 0.5) is 15.6 Å². The molecule has 2 amide bonds. The lowest BCUT2D eigenvalue weighted by molar-refractivity contribution is 0.0923. The topological polar surface area (TPSA) is 130 Å². The number of Topliss-reactive ketones (excluding diaryl/α,β-unsaturated/α-hetero) is 1. The van der Waals surface area contributed by atoms with E-state index in [9.17, 15) is 18.0 Å². The van der Waals surface area contributed by atoms with Crippen molar-refractivity contribution in [1.82, 2.24) is 14.7 Å². The second-order valence-electron chi connectivity index (χ2n) is 6.90. The molecule has 3 rings (SSSR count). The fourth-order valence-corrected chi connectivity index (χ4v) is 5.26. The predicted molar refractivity (Wildman–Crippen MR) is 119 cm³/mol. The molecule has 2 heterocycles. The van der Waals surface area contributed by atoms with Gasteiger partial charge in [0.05, 0.1) is 34.6 Å². The molecule has 1 fully saturated rings. The lowest BCUT2D eigenvalue weighted by Gasteiger charge is -2.13. The standard InChI is InChI=1S/C18H23N5O4S3/c1-28-16-14(10-20-30(2,26)27)22-18(29-16)23-17(25)21-13-9-19-8-7-12(13)15(24)11-5-3-4-6-11/h7-9,11,20H,3-6,10H2,1-2H3,(H2,21,22,23,25). The first-order valence-corrected chi connectivity index (χ1v) is 13.2. The third-order valence-electron chi connectivity index (χ3n) is 4.63. The number of urea groups is 1. The molecule has 0 atom stereocenters. The van der Waals surface area contributed by atoms with Gasteiger partial charge in [-0.05, 0) is 25.2 Å². The molecule has 0 spiro atoms. The number of nitrogens with one attached hydrogen (secondary N) is 3. The van der Waals surface area contributed by atoms with Gasteiger partial charge in [-0.3, -0.25) is 15.1 Å². The number of thioether (sulfide) groups is 1. The first-order valence-electron chi connectivity index (χ1n) is 9.31. The number of rotatable bonds is 8. The number of pyridine rings is 1. The fourth-order valence-electron chi connectivity index (χ4n) is 3.23. The molecule has 162 valence electrons. The van der Waals surface area contributed by atoms with E-state index in [4.69, 9.17) is 0 Å². The number of sulfonamides is 1. The van der Waals surface area contributed by atoms with Crippen LogP contribution in [0.25, 0.3) is 0 Å². The van der Waals surface area contributed by atoms with Crippen LogP contribution in [0.3, 0.4) is 0 Å². The van der Waals surface area contributed by atoms with Crippen molar-refractivity contribution < 1.29 is 18.0 Å². The van der Waals surface area contributed by atoms with Crippen molar-refractivity contribution in [3.05, 3.63) is 29.7 Å². The quantitative estimate of drug-likeness (QED) is 0.399. The number of nitrogens with zero attached hydrogens (tertiary/aromatic N) is 2. The Bertz CT molecular complexity index is 1030. The van der Waals surface area contributed by atoms with Gasteiger partial charge in [0.2, 0.25) is 10.0 Å². The zero-order valence-corrected chi connectivity index (χ0v) is 19.0. The molecule has 3 N–H and O–H groups in total. The van der Waals surface area contributed by atoms with Crippen molar-refractivity contribution in [2.45, 2.75) is 36.4 Å². The van der Waals surface area contributed by atoms with E-state index in [1.54, 1.807) is 6.07 Å². The van der Waals surface area contributed by atoms with Gasteiger partial charge in [-0.1, -0.05) is 24.2 Å². The highest BCUT2D eigenvalue weighted by atomic mass is 32.2. The predicted octanol–water partition coefficient (Wildman–Crippen LogP) is 3.33. The van der Waals surface area contributed by atoms with Crippen molar-refractivity contribution in [3.63, 3.8) is 0 Å². The van der Waals surface area contributed by atoms with Crippen molar-refractivity contribution >= 4 is 55.8 Å². The number of anilines is 2. The number of aromatic nitrogens is 2. The van der Waals surface area contributed by atoms with Gasteiger partial charge in [-0.25, -0.2) is 22.9 Å². The smallest absolute Gasteiger partial charge is 0.305 e. The summed E-state index contributed by atoms with van der Waals surface area (Å²) in [5.41, 5.74) is 1.34. The molecule has 1 aliphatic carbocycles. The highest BCUT2D eigenvalue weighted by molar-refractivity contribution is 8.00. The maximum absolute atomic E-state index is 12.8. The van der Waals surface area contributed by atoms with E-state index in [1.165, 1.54) is 35.5 Å². The minimum absolute atomic E-state index is 0.0102. The summed E-state index contributed by atoms with van der Waals surface area (Å²) in [5.74, 6) is 0.0160. The van der Waals surface area contributed by atoms with Crippen LogP contribution in [-0.2, 0) is 16.6 Å². The van der Waals surface area contributed by atoms with Crippen LogP contribution in [0.15, 0.2) is 22.7 Å². The van der Waals surface area contributed by atoms with Gasteiger partial charge in [-0.15, -0.1) is 11.8 Å². The van der Waals surface area contributed by atoms with Crippen LogP contribution >= 0.6 is 23.1 Å². The average Bonchev–Trinajstić information content (AvgIpc) is 3.35. The summed E-state index contributed by atoms with van der Waals surface area (Å²) < 4.78 is 25.8. The lowest BCUT2D eigenvalue weighted by Crippen LogP contribution is -2.23. The Labute approximate surface area is 183 Å². The van der Waals surface area contributed by atoms with Crippen LogP contribution in [0, 0.1) is 5.92 Å². The van der Waals surface area contributed by atoms with Crippen molar-refractivity contribution in [2.24, 2.45) is 5.92 Å².